The largest absolute Gasteiger partial charge is 0.350 e. The van der Waals surface area contributed by atoms with Crippen LogP contribution in [0.2, 0.25) is 0 Å². The Hall–Kier alpha value is -2.69. The highest BCUT2D eigenvalue weighted by Gasteiger charge is 2.48. The van der Waals surface area contributed by atoms with Crippen molar-refractivity contribution in [1.29, 1.82) is 0 Å². The Bertz CT molecular complexity index is 1010. The first-order valence-corrected chi connectivity index (χ1v) is 10.5. The molecule has 2 N–H and O–H groups in total. The number of piperazine rings is 1. The van der Waals surface area contributed by atoms with E-state index in [4.69, 9.17) is 0 Å². The van der Waals surface area contributed by atoms with Gasteiger partial charge in [-0.15, -0.1) is 0 Å². The molecule has 0 saturated carbocycles. The van der Waals surface area contributed by atoms with Crippen molar-refractivity contribution in [3.05, 3.63) is 83.4 Å². The molecule has 1 amide bonds. The molecule has 0 radical (unpaired) electrons. The van der Waals surface area contributed by atoms with Gasteiger partial charge in [0.15, 0.2) is 0 Å². The minimum absolute atomic E-state index is 0.156. The van der Waals surface area contributed by atoms with Gasteiger partial charge in [0.2, 0.25) is 5.91 Å². The van der Waals surface area contributed by atoms with Crippen LogP contribution < -0.4 is 10.6 Å². The van der Waals surface area contributed by atoms with Crippen LogP contribution in [-0.4, -0.2) is 42.5 Å². The number of rotatable bonds is 4. The van der Waals surface area contributed by atoms with Gasteiger partial charge in [0, 0.05) is 45.6 Å². The number of amides is 1. The maximum absolute atomic E-state index is 13.7. The summed E-state index contributed by atoms with van der Waals surface area (Å²) < 4.78 is 0. The molecule has 0 bridgehead atoms. The molecule has 0 spiro atoms. The molecule has 148 valence electrons. The van der Waals surface area contributed by atoms with Crippen molar-refractivity contribution in [1.82, 2.24) is 15.5 Å². The minimum Gasteiger partial charge on any atom is -0.350 e. The predicted octanol–water partition coefficient (Wildman–Crippen LogP) is 2.90. The molecular weight excluding hydrogens is 358 g/mol. The van der Waals surface area contributed by atoms with E-state index in [1.165, 1.54) is 27.5 Å². The normalized spacial score (nSPS) is 18.5. The standard InChI is InChI=1S/C25H27N3O/c29-24(27-18-22-10-5-9-19-6-3-4-11-23(19)22)25(28-14-12-26-13-15-28)16-20-7-1-2-8-21(20)17-25/h1-11,26H,12-18H2,(H,27,29). The Kier molecular flexibility index (Phi) is 4.82. The highest BCUT2D eigenvalue weighted by molar-refractivity contribution is 5.90. The highest BCUT2D eigenvalue weighted by atomic mass is 16.2. The van der Waals surface area contributed by atoms with E-state index in [2.05, 4.69) is 82.3 Å². The number of hydrogen-bond acceptors (Lipinski definition) is 3. The van der Waals surface area contributed by atoms with E-state index >= 15 is 0 Å². The quantitative estimate of drug-likeness (QED) is 0.726. The SMILES string of the molecule is O=C(NCc1cccc2ccccc12)C1(N2CCNCC2)Cc2ccccc2C1. The minimum atomic E-state index is -0.476. The summed E-state index contributed by atoms with van der Waals surface area (Å²) >= 11 is 0. The van der Waals surface area contributed by atoms with Crippen LogP contribution in [0.25, 0.3) is 10.8 Å². The third-order valence-electron chi connectivity index (χ3n) is 6.55. The lowest BCUT2D eigenvalue weighted by atomic mass is 9.90. The second-order valence-electron chi connectivity index (χ2n) is 8.21. The third-order valence-corrected chi connectivity index (χ3v) is 6.55. The molecule has 1 saturated heterocycles. The Balaban J connectivity index is 1.42. The average Bonchev–Trinajstić information content (AvgIpc) is 3.19. The summed E-state index contributed by atoms with van der Waals surface area (Å²) in [5.74, 6) is 0.156. The number of carbonyl (C=O) groups is 1. The molecular formula is C25H27N3O. The zero-order chi connectivity index (χ0) is 19.7. The van der Waals surface area contributed by atoms with Crippen LogP contribution in [0.15, 0.2) is 66.7 Å². The lowest BCUT2D eigenvalue weighted by molar-refractivity contribution is -0.134. The van der Waals surface area contributed by atoms with Crippen molar-refractivity contribution in [2.45, 2.75) is 24.9 Å². The molecule has 1 aliphatic carbocycles. The van der Waals surface area contributed by atoms with Crippen molar-refractivity contribution < 1.29 is 4.79 Å². The summed E-state index contributed by atoms with van der Waals surface area (Å²) in [5.41, 5.74) is 3.32. The Morgan fingerprint density at radius 3 is 2.31 bits per heavy atom. The summed E-state index contributed by atoms with van der Waals surface area (Å²) in [7, 11) is 0. The maximum atomic E-state index is 13.7. The van der Waals surface area contributed by atoms with E-state index in [9.17, 15) is 4.79 Å². The molecule has 3 aromatic rings. The van der Waals surface area contributed by atoms with Crippen molar-refractivity contribution in [2.24, 2.45) is 0 Å². The van der Waals surface area contributed by atoms with E-state index in [0.29, 0.717) is 6.54 Å². The number of benzene rings is 3. The lowest BCUT2D eigenvalue weighted by Crippen LogP contribution is -2.63. The number of fused-ring (bicyclic) bond motifs is 2. The van der Waals surface area contributed by atoms with Crippen LogP contribution in [0.1, 0.15) is 16.7 Å². The van der Waals surface area contributed by atoms with Gasteiger partial charge < -0.3 is 10.6 Å². The molecule has 5 rings (SSSR count). The Morgan fingerprint density at radius 1 is 0.897 bits per heavy atom. The highest BCUT2D eigenvalue weighted by Crippen LogP contribution is 2.35. The van der Waals surface area contributed by atoms with E-state index in [1.54, 1.807) is 0 Å². The van der Waals surface area contributed by atoms with E-state index in [1.807, 2.05) is 0 Å². The van der Waals surface area contributed by atoms with Crippen LogP contribution in [0.4, 0.5) is 0 Å². The van der Waals surface area contributed by atoms with Gasteiger partial charge in [0.1, 0.15) is 5.54 Å². The van der Waals surface area contributed by atoms with Gasteiger partial charge >= 0.3 is 0 Å². The Morgan fingerprint density at radius 2 is 1.55 bits per heavy atom. The summed E-state index contributed by atoms with van der Waals surface area (Å²) in [6.07, 6.45) is 1.59. The number of nitrogens with one attached hydrogen (secondary N) is 2. The molecule has 4 heteroatoms. The molecule has 3 aromatic carbocycles. The average molecular weight is 386 g/mol. The lowest BCUT2D eigenvalue weighted by Gasteiger charge is -2.42. The smallest absolute Gasteiger partial charge is 0.241 e. The predicted molar refractivity (Wildman–Crippen MR) is 117 cm³/mol. The van der Waals surface area contributed by atoms with Gasteiger partial charge in [-0.2, -0.15) is 0 Å². The second kappa shape index (κ2) is 7.62. The molecule has 1 aliphatic heterocycles. The molecule has 1 fully saturated rings. The van der Waals surface area contributed by atoms with E-state index in [-0.39, 0.29) is 5.91 Å². The third kappa shape index (κ3) is 3.33. The maximum Gasteiger partial charge on any atom is 0.241 e. The van der Waals surface area contributed by atoms with Crippen molar-refractivity contribution in [3.63, 3.8) is 0 Å². The van der Waals surface area contributed by atoms with Gasteiger partial charge in [-0.05, 0) is 27.5 Å². The molecule has 29 heavy (non-hydrogen) atoms. The monoisotopic (exact) mass is 385 g/mol. The van der Waals surface area contributed by atoms with Crippen LogP contribution >= 0.6 is 0 Å². The fourth-order valence-electron chi connectivity index (χ4n) is 5.00. The summed E-state index contributed by atoms with van der Waals surface area (Å²) in [4.78, 5) is 16.1. The molecule has 1 heterocycles. The van der Waals surface area contributed by atoms with Gasteiger partial charge in [0.25, 0.3) is 0 Å². The number of nitrogens with zero attached hydrogens (tertiary/aromatic N) is 1. The summed E-state index contributed by atoms with van der Waals surface area (Å²) in [6, 6.07) is 23.2. The second-order valence-corrected chi connectivity index (χ2v) is 8.21. The number of carbonyl (C=O) groups excluding carboxylic acids is 1. The zero-order valence-electron chi connectivity index (χ0n) is 16.7. The van der Waals surface area contributed by atoms with Crippen molar-refractivity contribution in [3.8, 4) is 0 Å². The summed E-state index contributed by atoms with van der Waals surface area (Å²) in [6.45, 7) is 4.26. The van der Waals surface area contributed by atoms with Crippen molar-refractivity contribution in [2.75, 3.05) is 26.2 Å². The van der Waals surface area contributed by atoms with Crippen LogP contribution in [-0.2, 0) is 24.2 Å². The van der Waals surface area contributed by atoms with Gasteiger partial charge in [0.05, 0.1) is 0 Å². The van der Waals surface area contributed by atoms with Crippen LogP contribution in [0, 0.1) is 0 Å². The van der Waals surface area contributed by atoms with Crippen molar-refractivity contribution >= 4 is 16.7 Å². The fraction of sp³-hybridized carbons (Fsp3) is 0.320. The topological polar surface area (TPSA) is 44.4 Å². The first-order valence-electron chi connectivity index (χ1n) is 10.5. The fourth-order valence-corrected chi connectivity index (χ4v) is 5.00. The van der Waals surface area contributed by atoms with Gasteiger partial charge in [-0.25, -0.2) is 0 Å². The van der Waals surface area contributed by atoms with E-state index in [0.717, 1.165) is 39.0 Å². The van der Waals surface area contributed by atoms with E-state index < -0.39 is 5.54 Å². The number of hydrogen-bond donors (Lipinski definition) is 2. The van der Waals surface area contributed by atoms with Crippen LogP contribution in [0.3, 0.4) is 0 Å². The zero-order valence-corrected chi connectivity index (χ0v) is 16.7. The van der Waals surface area contributed by atoms with Crippen LogP contribution in [0.5, 0.6) is 0 Å². The molecule has 0 atom stereocenters. The van der Waals surface area contributed by atoms with Gasteiger partial charge in [-0.1, -0.05) is 66.7 Å². The Labute approximate surface area is 171 Å². The summed E-state index contributed by atoms with van der Waals surface area (Å²) in [5, 5.41) is 9.15. The van der Waals surface area contributed by atoms with Gasteiger partial charge in [-0.3, -0.25) is 9.69 Å². The molecule has 4 nitrogen and oxygen atoms in total. The molecule has 0 aromatic heterocycles. The molecule has 2 aliphatic rings. The first-order chi connectivity index (χ1) is 14.3. The molecule has 0 unspecified atom stereocenters. The first kappa shape index (κ1) is 18.3.